The van der Waals surface area contributed by atoms with Gasteiger partial charge in [0.15, 0.2) is 5.84 Å². The van der Waals surface area contributed by atoms with E-state index in [2.05, 4.69) is 10.5 Å². The van der Waals surface area contributed by atoms with E-state index in [4.69, 9.17) is 10.9 Å². The van der Waals surface area contributed by atoms with Gasteiger partial charge in [0.05, 0.1) is 0 Å². The normalized spacial score (nSPS) is 19.2. The summed E-state index contributed by atoms with van der Waals surface area (Å²) in [6.07, 6.45) is 2.31. The maximum absolute atomic E-state index is 12.1. The molecule has 0 aromatic rings. The number of nitrogens with zero attached hydrogens (tertiary/aromatic N) is 1. The lowest BCUT2D eigenvalue weighted by molar-refractivity contribution is -0.126. The first kappa shape index (κ1) is 13.8. The fourth-order valence-corrected chi connectivity index (χ4v) is 2.14. The monoisotopic (exact) mass is 241 g/mol. The number of hydrogen-bond donors (Lipinski definition) is 3. The van der Waals surface area contributed by atoms with Gasteiger partial charge in [-0.3, -0.25) is 4.79 Å². The van der Waals surface area contributed by atoms with Gasteiger partial charge in [-0.25, -0.2) is 0 Å². The minimum Gasteiger partial charge on any atom is -0.409 e. The van der Waals surface area contributed by atoms with Gasteiger partial charge in [0, 0.05) is 5.54 Å². The second-order valence-electron chi connectivity index (χ2n) is 5.73. The van der Waals surface area contributed by atoms with Crippen LogP contribution in [0.25, 0.3) is 0 Å². The largest absolute Gasteiger partial charge is 0.409 e. The average Bonchev–Trinajstić information content (AvgIpc) is 2.98. The van der Waals surface area contributed by atoms with Crippen LogP contribution in [-0.2, 0) is 4.79 Å². The summed E-state index contributed by atoms with van der Waals surface area (Å²) in [6, 6.07) is 0. The Balaban J connectivity index is 2.72. The summed E-state index contributed by atoms with van der Waals surface area (Å²) >= 11 is 0. The number of carbonyl (C=O) groups excluding carboxylic acids is 1. The van der Waals surface area contributed by atoms with Gasteiger partial charge in [-0.05, 0) is 38.5 Å². The van der Waals surface area contributed by atoms with Crippen LogP contribution in [0.15, 0.2) is 5.16 Å². The first-order valence-corrected chi connectivity index (χ1v) is 6.09. The maximum atomic E-state index is 12.1. The Hall–Kier alpha value is -1.26. The molecule has 0 saturated heterocycles. The Morgan fingerprint density at radius 1 is 1.47 bits per heavy atom. The van der Waals surface area contributed by atoms with E-state index in [-0.39, 0.29) is 23.2 Å². The zero-order chi connectivity index (χ0) is 13.2. The van der Waals surface area contributed by atoms with E-state index in [1.165, 1.54) is 0 Å². The fourth-order valence-electron chi connectivity index (χ4n) is 2.14. The van der Waals surface area contributed by atoms with Gasteiger partial charge in [-0.2, -0.15) is 0 Å². The van der Waals surface area contributed by atoms with Crippen LogP contribution in [0.5, 0.6) is 0 Å². The molecule has 0 aromatic carbocycles. The van der Waals surface area contributed by atoms with Crippen LogP contribution in [-0.4, -0.2) is 22.5 Å². The van der Waals surface area contributed by atoms with Crippen molar-refractivity contribution in [1.82, 2.24) is 5.32 Å². The average molecular weight is 241 g/mol. The zero-order valence-electron chi connectivity index (χ0n) is 11.0. The third-order valence-electron chi connectivity index (χ3n) is 3.43. The van der Waals surface area contributed by atoms with E-state index in [1.54, 1.807) is 0 Å². The molecule has 0 bridgehead atoms. The molecule has 5 nitrogen and oxygen atoms in total. The summed E-state index contributed by atoms with van der Waals surface area (Å²) in [7, 11) is 0. The molecule has 1 aliphatic carbocycles. The SMILES string of the molecule is CC(C)C(C(=O)NC(C)(C)C1CC1)C(N)=NO. The van der Waals surface area contributed by atoms with Crippen molar-refractivity contribution in [2.75, 3.05) is 0 Å². The minimum atomic E-state index is -0.571. The van der Waals surface area contributed by atoms with Crippen LogP contribution in [0.4, 0.5) is 0 Å². The van der Waals surface area contributed by atoms with Crippen molar-refractivity contribution in [2.45, 2.75) is 46.1 Å². The first-order valence-electron chi connectivity index (χ1n) is 6.09. The molecule has 98 valence electrons. The number of oxime groups is 1. The third-order valence-corrected chi connectivity index (χ3v) is 3.43. The number of amides is 1. The van der Waals surface area contributed by atoms with Crippen molar-refractivity contribution in [1.29, 1.82) is 0 Å². The number of nitrogens with one attached hydrogen (secondary N) is 1. The van der Waals surface area contributed by atoms with Crippen molar-refractivity contribution in [2.24, 2.45) is 28.6 Å². The predicted octanol–water partition coefficient (Wildman–Crippen LogP) is 1.31. The van der Waals surface area contributed by atoms with Gasteiger partial charge in [-0.15, -0.1) is 0 Å². The molecular formula is C12H23N3O2. The molecular weight excluding hydrogens is 218 g/mol. The molecule has 5 heteroatoms. The number of nitrogens with two attached hydrogens (primary N) is 1. The first-order chi connectivity index (χ1) is 7.79. The summed E-state index contributed by atoms with van der Waals surface area (Å²) in [6.45, 7) is 7.80. The molecule has 1 rings (SSSR count). The van der Waals surface area contributed by atoms with Crippen molar-refractivity contribution in [3.05, 3.63) is 0 Å². The van der Waals surface area contributed by atoms with Crippen LogP contribution in [0, 0.1) is 17.8 Å². The minimum absolute atomic E-state index is 0.000836. The van der Waals surface area contributed by atoms with Crippen molar-refractivity contribution >= 4 is 11.7 Å². The topological polar surface area (TPSA) is 87.7 Å². The zero-order valence-corrected chi connectivity index (χ0v) is 11.0. The van der Waals surface area contributed by atoms with Gasteiger partial charge in [-0.1, -0.05) is 19.0 Å². The summed E-state index contributed by atoms with van der Waals surface area (Å²) in [5, 5.41) is 14.7. The van der Waals surface area contributed by atoms with Gasteiger partial charge in [0.1, 0.15) is 5.92 Å². The van der Waals surface area contributed by atoms with Crippen LogP contribution in [0.3, 0.4) is 0 Å². The smallest absolute Gasteiger partial charge is 0.231 e. The van der Waals surface area contributed by atoms with Crippen molar-refractivity contribution < 1.29 is 10.0 Å². The lowest BCUT2D eigenvalue weighted by Crippen LogP contribution is -2.51. The van der Waals surface area contributed by atoms with E-state index in [0.29, 0.717) is 5.92 Å². The van der Waals surface area contributed by atoms with E-state index in [1.807, 2.05) is 27.7 Å². The quantitative estimate of drug-likeness (QED) is 0.293. The summed E-state index contributed by atoms with van der Waals surface area (Å²) < 4.78 is 0. The Kier molecular flexibility index (Phi) is 4.01. The molecule has 17 heavy (non-hydrogen) atoms. The molecule has 1 fully saturated rings. The Morgan fingerprint density at radius 3 is 2.35 bits per heavy atom. The highest BCUT2D eigenvalue weighted by atomic mass is 16.4. The summed E-state index contributed by atoms with van der Waals surface area (Å²) in [5.74, 6) is -0.207. The molecule has 0 radical (unpaired) electrons. The Labute approximate surface area is 102 Å². The highest BCUT2D eigenvalue weighted by molar-refractivity contribution is 6.02. The summed E-state index contributed by atoms with van der Waals surface area (Å²) in [4.78, 5) is 12.1. The number of rotatable bonds is 5. The van der Waals surface area contributed by atoms with Gasteiger partial charge >= 0.3 is 0 Å². The Morgan fingerprint density at radius 2 is 2.00 bits per heavy atom. The van der Waals surface area contributed by atoms with Crippen LogP contribution < -0.4 is 11.1 Å². The van der Waals surface area contributed by atoms with E-state index in [0.717, 1.165) is 12.8 Å². The Bertz CT molecular complexity index is 320. The van der Waals surface area contributed by atoms with Crippen LogP contribution >= 0.6 is 0 Å². The van der Waals surface area contributed by atoms with Crippen molar-refractivity contribution in [3.8, 4) is 0 Å². The highest BCUT2D eigenvalue weighted by Gasteiger charge is 2.40. The van der Waals surface area contributed by atoms with E-state index in [9.17, 15) is 4.79 Å². The fraction of sp³-hybridized carbons (Fsp3) is 0.833. The van der Waals surface area contributed by atoms with Gasteiger partial charge in [0.25, 0.3) is 0 Å². The second-order valence-corrected chi connectivity index (χ2v) is 5.73. The molecule has 0 aliphatic heterocycles. The number of amidine groups is 1. The van der Waals surface area contributed by atoms with Crippen molar-refractivity contribution in [3.63, 3.8) is 0 Å². The van der Waals surface area contributed by atoms with E-state index >= 15 is 0 Å². The van der Waals surface area contributed by atoms with Gasteiger partial charge in [0.2, 0.25) is 5.91 Å². The van der Waals surface area contributed by atoms with E-state index < -0.39 is 5.92 Å². The number of hydrogen-bond acceptors (Lipinski definition) is 3. The standard InChI is InChI=1S/C12H23N3O2/c1-7(2)9(10(13)15-17)11(16)14-12(3,4)8-5-6-8/h7-9,17H,5-6H2,1-4H3,(H2,13,15)(H,14,16). The predicted molar refractivity (Wildman–Crippen MR) is 66.7 cm³/mol. The van der Waals surface area contributed by atoms with Crippen LogP contribution in [0.2, 0.25) is 0 Å². The number of carbonyl (C=O) groups is 1. The second kappa shape index (κ2) is 4.94. The maximum Gasteiger partial charge on any atom is 0.231 e. The third kappa shape index (κ3) is 3.35. The van der Waals surface area contributed by atoms with Gasteiger partial charge < -0.3 is 16.3 Å². The molecule has 1 saturated carbocycles. The summed E-state index contributed by atoms with van der Waals surface area (Å²) in [5.41, 5.74) is 5.36. The molecule has 4 N–H and O–H groups in total. The molecule has 0 aromatic heterocycles. The lowest BCUT2D eigenvalue weighted by Gasteiger charge is -2.29. The highest BCUT2D eigenvalue weighted by Crippen LogP contribution is 2.39. The molecule has 1 aliphatic rings. The molecule has 1 unspecified atom stereocenters. The van der Waals surface area contributed by atoms with Crippen LogP contribution in [0.1, 0.15) is 40.5 Å². The molecule has 1 atom stereocenters. The molecule has 1 amide bonds. The lowest BCUT2D eigenvalue weighted by atomic mass is 9.91. The molecule has 0 spiro atoms. The molecule has 0 heterocycles.